The minimum atomic E-state index is 0.00952. The topological polar surface area (TPSA) is 41.6 Å². The molecule has 3 aliphatic rings. The molecule has 2 fully saturated rings. The molecule has 1 amide bonds. The number of benzene rings is 1. The smallest absolute Gasteiger partial charge is 0.241 e. The second kappa shape index (κ2) is 6.01. The lowest BCUT2D eigenvalue weighted by molar-refractivity contribution is -0.125. The quantitative estimate of drug-likeness (QED) is 0.866. The Morgan fingerprint density at radius 1 is 1.18 bits per heavy atom. The van der Waals surface area contributed by atoms with Gasteiger partial charge in [0.25, 0.3) is 0 Å². The first-order valence-electron chi connectivity index (χ1n) is 8.56. The molecule has 0 aliphatic carbocycles. The number of nitrogens with zero attached hydrogens (tertiary/aromatic N) is 1. The summed E-state index contributed by atoms with van der Waals surface area (Å²) < 4.78 is 5.89. The molecule has 4 nitrogen and oxygen atoms in total. The predicted molar refractivity (Wildman–Crippen MR) is 85.8 cm³/mol. The molecule has 3 heterocycles. The third-order valence-corrected chi connectivity index (χ3v) is 5.45. The first-order valence-corrected chi connectivity index (χ1v) is 8.56. The second-order valence-corrected chi connectivity index (χ2v) is 6.80. The summed E-state index contributed by atoms with van der Waals surface area (Å²) >= 11 is 0. The summed E-state index contributed by atoms with van der Waals surface area (Å²) in [5, 5.41) is 3.13. The van der Waals surface area contributed by atoms with Crippen molar-refractivity contribution < 1.29 is 9.53 Å². The average Bonchev–Trinajstić information content (AvgIpc) is 2.72. The minimum absolute atomic E-state index is 0.00952. The number of likely N-dealkylation sites (tertiary alicyclic amines) is 1. The number of amides is 1. The molecule has 1 aromatic carbocycles. The molecule has 0 saturated carbocycles. The van der Waals surface area contributed by atoms with E-state index in [-0.39, 0.29) is 11.9 Å². The zero-order valence-electron chi connectivity index (χ0n) is 13.0. The van der Waals surface area contributed by atoms with Crippen molar-refractivity contribution in [3.8, 4) is 0 Å². The molecule has 3 atom stereocenters. The fourth-order valence-electron chi connectivity index (χ4n) is 4.25. The van der Waals surface area contributed by atoms with Crippen LogP contribution in [-0.4, -0.2) is 42.6 Å². The van der Waals surface area contributed by atoms with Crippen LogP contribution >= 0.6 is 0 Å². The van der Waals surface area contributed by atoms with Gasteiger partial charge in [0.15, 0.2) is 0 Å². The SMILES string of the molecule is O=C1Nc2ccccc2CC[C@@H]1N1CC[C@@H]2OCCC[C@@H]2C1. The average molecular weight is 300 g/mol. The predicted octanol–water partition coefficient (Wildman–Crippen LogP) is 2.44. The fraction of sp³-hybridized carbons (Fsp3) is 0.611. The minimum Gasteiger partial charge on any atom is -0.378 e. The van der Waals surface area contributed by atoms with Crippen LogP contribution in [0.1, 0.15) is 31.2 Å². The molecule has 0 radical (unpaired) electrons. The van der Waals surface area contributed by atoms with Gasteiger partial charge in [-0.25, -0.2) is 0 Å². The number of aryl methyl sites for hydroxylation is 1. The van der Waals surface area contributed by atoms with Gasteiger partial charge in [0.05, 0.1) is 12.1 Å². The highest BCUT2D eigenvalue weighted by Crippen LogP contribution is 2.31. The van der Waals surface area contributed by atoms with Gasteiger partial charge in [-0.3, -0.25) is 9.69 Å². The summed E-state index contributed by atoms with van der Waals surface area (Å²) in [6, 6.07) is 8.19. The molecular formula is C18H24N2O2. The van der Waals surface area contributed by atoms with E-state index in [2.05, 4.69) is 22.3 Å². The Kier molecular flexibility index (Phi) is 3.89. The van der Waals surface area contributed by atoms with Gasteiger partial charge in [-0.05, 0) is 49.7 Å². The van der Waals surface area contributed by atoms with Crippen molar-refractivity contribution in [3.05, 3.63) is 29.8 Å². The highest BCUT2D eigenvalue weighted by molar-refractivity contribution is 5.96. The molecule has 4 rings (SSSR count). The van der Waals surface area contributed by atoms with Gasteiger partial charge in [0, 0.05) is 25.4 Å². The van der Waals surface area contributed by atoms with E-state index in [1.54, 1.807) is 0 Å². The van der Waals surface area contributed by atoms with Crippen LogP contribution in [0.4, 0.5) is 5.69 Å². The maximum atomic E-state index is 12.7. The Bertz CT molecular complexity index is 560. The second-order valence-electron chi connectivity index (χ2n) is 6.80. The lowest BCUT2D eigenvalue weighted by atomic mass is 9.87. The molecule has 3 aliphatic heterocycles. The Morgan fingerprint density at radius 3 is 3.05 bits per heavy atom. The maximum absolute atomic E-state index is 12.7. The first-order chi connectivity index (χ1) is 10.8. The molecule has 1 aromatic rings. The van der Waals surface area contributed by atoms with Crippen LogP contribution in [0.15, 0.2) is 24.3 Å². The van der Waals surface area contributed by atoms with Gasteiger partial charge in [-0.2, -0.15) is 0 Å². The molecular weight excluding hydrogens is 276 g/mol. The van der Waals surface area contributed by atoms with Crippen molar-refractivity contribution in [2.45, 2.75) is 44.2 Å². The van der Waals surface area contributed by atoms with E-state index in [4.69, 9.17) is 4.74 Å². The van der Waals surface area contributed by atoms with Crippen molar-refractivity contribution >= 4 is 11.6 Å². The lowest BCUT2D eigenvalue weighted by Gasteiger charge is -2.43. The zero-order valence-corrected chi connectivity index (χ0v) is 13.0. The number of hydrogen-bond acceptors (Lipinski definition) is 3. The Labute approximate surface area is 131 Å². The highest BCUT2D eigenvalue weighted by atomic mass is 16.5. The molecule has 0 spiro atoms. The maximum Gasteiger partial charge on any atom is 0.241 e. The van der Waals surface area contributed by atoms with Crippen LogP contribution in [0, 0.1) is 5.92 Å². The number of hydrogen-bond donors (Lipinski definition) is 1. The number of piperidine rings is 1. The zero-order chi connectivity index (χ0) is 14.9. The van der Waals surface area contributed by atoms with E-state index in [0.29, 0.717) is 12.0 Å². The Hall–Kier alpha value is -1.39. The summed E-state index contributed by atoms with van der Waals surface area (Å²) in [4.78, 5) is 15.1. The van der Waals surface area contributed by atoms with Crippen LogP contribution in [0.2, 0.25) is 0 Å². The fourth-order valence-corrected chi connectivity index (χ4v) is 4.25. The third kappa shape index (κ3) is 2.66. The molecule has 0 unspecified atom stereocenters. The van der Waals surface area contributed by atoms with Gasteiger partial charge in [-0.1, -0.05) is 18.2 Å². The van der Waals surface area contributed by atoms with E-state index in [1.165, 1.54) is 12.0 Å². The summed E-state index contributed by atoms with van der Waals surface area (Å²) in [6.45, 7) is 2.91. The molecule has 2 saturated heterocycles. The highest BCUT2D eigenvalue weighted by Gasteiger charge is 2.37. The van der Waals surface area contributed by atoms with E-state index in [1.807, 2.05) is 12.1 Å². The number of para-hydroxylation sites is 1. The molecule has 1 N–H and O–H groups in total. The van der Waals surface area contributed by atoms with Crippen LogP contribution in [0.3, 0.4) is 0 Å². The largest absolute Gasteiger partial charge is 0.378 e. The summed E-state index contributed by atoms with van der Waals surface area (Å²) in [7, 11) is 0. The molecule has 118 valence electrons. The van der Waals surface area contributed by atoms with E-state index in [0.717, 1.165) is 51.1 Å². The third-order valence-electron chi connectivity index (χ3n) is 5.45. The van der Waals surface area contributed by atoms with Gasteiger partial charge < -0.3 is 10.1 Å². The number of nitrogens with one attached hydrogen (secondary N) is 1. The standard InChI is InChI=1S/C18H24N2O2/c21-18-16(8-7-13-4-1-2-6-15(13)19-18)20-10-9-17-14(12-20)5-3-11-22-17/h1-2,4,6,14,16-17H,3,5,7-12H2,(H,19,21)/t14-,16+,17+/m1/s1. The Balaban J connectivity index is 1.48. The Morgan fingerprint density at radius 2 is 2.09 bits per heavy atom. The van der Waals surface area contributed by atoms with Gasteiger partial charge in [0.1, 0.15) is 0 Å². The number of carbonyl (C=O) groups is 1. The van der Waals surface area contributed by atoms with Crippen LogP contribution in [0.25, 0.3) is 0 Å². The van der Waals surface area contributed by atoms with Crippen molar-refractivity contribution in [1.29, 1.82) is 0 Å². The molecule has 0 bridgehead atoms. The number of fused-ring (bicyclic) bond motifs is 2. The summed E-state index contributed by atoms with van der Waals surface area (Å²) in [5.74, 6) is 0.779. The van der Waals surface area contributed by atoms with E-state index >= 15 is 0 Å². The number of anilines is 1. The number of carbonyl (C=O) groups excluding carboxylic acids is 1. The van der Waals surface area contributed by atoms with Gasteiger partial charge in [0.2, 0.25) is 5.91 Å². The van der Waals surface area contributed by atoms with E-state index < -0.39 is 0 Å². The summed E-state index contributed by atoms with van der Waals surface area (Å²) in [6.07, 6.45) is 5.80. The number of rotatable bonds is 1. The van der Waals surface area contributed by atoms with Gasteiger partial charge in [-0.15, -0.1) is 0 Å². The van der Waals surface area contributed by atoms with Crippen LogP contribution in [0.5, 0.6) is 0 Å². The van der Waals surface area contributed by atoms with Crippen molar-refractivity contribution in [1.82, 2.24) is 4.90 Å². The molecule has 0 aromatic heterocycles. The van der Waals surface area contributed by atoms with Gasteiger partial charge >= 0.3 is 0 Å². The van der Waals surface area contributed by atoms with E-state index in [9.17, 15) is 4.79 Å². The molecule has 22 heavy (non-hydrogen) atoms. The first kappa shape index (κ1) is 14.2. The van der Waals surface area contributed by atoms with Crippen molar-refractivity contribution in [2.24, 2.45) is 5.92 Å². The normalized spacial score (nSPS) is 32.5. The number of ether oxygens (including phenoxy) is 1. The lowest BCUT2D eigenvalue weighted by Crippen LogP contribution is -2.53. The summed E-state index contributed by atoms with van der Waals surface area (Å²) in [5.41, 5.74) is 2.25. The van der Waals surface area contributed by atoms with Crippen molar-refractivity contribution in [3.63, 3.8) is 0 Å². The van der Waals surface area contributed by atoms with Crippen molar-refractivity contribution in [2.75, 3.05) is 25.0 Å². The monoisotopic (exact) mass is 300 g/mol. The van der Waals surface area contributed by atoms with Crippen LogP contribution < -0.4 is 5.32 Å². The van der Waals surface area contributed by atoms with Crippen LogP contribution in [-0.2, 0) is 16.0 Å². The molecule has 4 heteroatoms.